The van der Waals surface area contributed by atoms with Crippen LogP contribution in [-0.4, -0.2) is 30.7 Å². The van der Waals surface area contributed by atoms with Gasteiger partial charge in [-0.1, -0.05) is 26.3 Å². The summed E-state index contributed by atoms with van der Waals surface area (Å²) in [5.41, 5.74) is -0.136. The zero-order chi connectivity index (χ0) is 13.3. The third-order valence-corrected chi connectivity index (χ3v) is 2.90. The lowest BCUT2D eigenvalue weighted by Gasteiger charge is -2.24. The van der Waals surface area contributed by atoms with E-state index in [0.717, 1.165) is 32.1 Å². The fourth-order valence-corrected chi connectivity index (χ4v) is 1.48. The maximum absolute atomic E-state index is 11.9. The third-order valence-electron chi connectivity index (χ3n) is 2.90. The molecule has 0 atom stereocenters. The summed E-state index contributed by atoms with van der Waals surface area (Å²) in [4.78, 5) is 23.8. The van der Waals surface area contributed by atoms with E-state index in [1.54, 1.807) is 4.90 Å². The molecule has 0 aliphatic rings. The fourth-order valence-electron chi connectivity index (χ4n) is 1.48. The Kier molecular flexibility index (Phi) is 7.51. The molecule has 0 unspecified atom stereocenters. The predicted octanol–water partition coefficient (Wildman–Crippen LogP) is 2.81. The molecule has 0 aliphatic heterocycles. The molecular formula is C14H25NO2. The van der Waals surface area contributed by atoms with E-state index in [1.807, 2.05) is 27.0 Å². The second-order valence-corrected chi connectivity index (χ2v) is 5.20. The monoisotopic (exact) mass is 239 g/mol. The van der Waals surface area contributed by atoms with Crippen molar-refractivity contribution < 1.29 is 9.59 Å². The number of carbonyl (C=O) groups is 2. The van der Waals surface area contributed by atoms with Crippen molar-refractivity contribution in [1.82, 2.24) is 4.90 Å². The first kappa shape index (κ1) is 15.9. The molecule has 3 heteroatoms. The topological polar surface area (TPSA) is 37.4 Å². The SMILES string of the molecule is C=CC(C)(C)CC(=O)N(C)CCCCCC=O. The molecule has 1 amide bonds. The van der Waals surface area contributed by atoms with Crippen LogP contribution in [0.15, 0.2) is 12.7 Å². The van der Waals surface area contributed by atoms with Gasteiger partial charge in [-0.2, -0.15) is 0 Å². The highest BCUT2D eigenvalue weighted by Crippen LogP contribution is 2.22. The Bertz CT molecular complexity index is 259. The van der Waals surface area contributed by atoms with Gasteiger partial charge in [-0.05, 0) is 18.3 Å². The van der Waals surface area contributed by atoms with E-state index < -0.39 is 0 Å². The summed E-state index contributed by atoms with van der Waals surface area (Å²) >= 11 is 0. The summed E-state index contributed by atoms with van der Waals surface area (Å²) in [6.07, 6.45) is 6.78. The molecule has 0 rings (SSSR count). The van der Waals surface area contributed by atoms with Crippen molar-refractivity contribution in [3.63, 3.8) is 0 Å². The van der Waals surface area contributed by atoms with Crippen LogP contribution in [0.2, 0.25) is 0 Å². The second-order valence-electron chi connectivity index (χ2n) is 5.20. The van der Waals surface area contributed by atoms with Crippen LogP contribution in [0.25, 0.3) is 0 Å². The van der Waals surface area contributed by atoms with Gasteiger partial charge in [0, 0.05) is 26.4 Å². The van der Waals surface area contributed by atoms with E-state index in [4.69, 9.17) is 0 Å². The minimum absolute atomic E-state index is 0.136. The van der Waals surface area contributed by atoms with Gasteiger partial charge >= 0.3 is 0 Å². The molecule has 0 aliphatic carbocycles. The number of hydrogen-bond donors (Lipinski definition) is 0. The molecule has 0 saturated heterocycles. The molecule has 0 bridgehead atoms. The summed E-state index contributed by atoms with van der Waals surface area (Å²) in [6.45, 7) is 8.53. The third kappa shape index (κ3) is 7.72. The summed E-state index contributed by atoms with van der Waals surface area (Å²) in [7, 11) is 1.83. The number of allylic oxidation sites excluding steroid dienone is 1. The van der Waals surface area contributed by atoms with Crippen molar-refractivity contribution in [2.75, 3.05) is 13.6 Å². The molecular weight excluding hydrogens is 214 g/mol. The quantitative estimate of drug-likeness (QED) is 0.352. The van der Waals surface area contributed by atoms with Crippen molar-refractivity contribution in [2.24, 2.45) is 5.41 Å². The molecule has 0 aromatic heterocycles. The Morgan fingerprint density at radius 3 is 2.47 bits per heavy atom. The highest BCUT2D eigenvalue weighted by molar-refractivity contribution is 5.76. The molecule has 0 aromatic carbocycles. The Labute approximate surface area is 105 Å². The minimum atomic E-state index is -0.136. The lowest BCUT2D eigenvalue weighted by molar-refractivity contribution is -0.131. The number of carbonyl (C=O) groups excluding carboxylic acids is 2. The smallest absolute Gasteiger partial charge is 0.223 e. The van der Waals surface area contributed by atoms with Gasteiger partial charge in [-0.3, -0.25) is 4.79 Å². The Morgan fingerprint density at radius 2 is 1.94 bits per heavy atom. The zero-order valence-electron chi connectivity index (χ0n) is 11.4. The first-order chi connectivity index (χ1) is 7.93. The lowest BCUT2D eigenvalue weighted by atomic mass is 9.89. The molecule has 98 valence electrons. The van der Waals surface area contributed by atoms with Crippen LogP contribution >= 0.6 is 0 Å². The van der Waals surface area contributed by atoms with E-state index in [9.17, 15) is 9.59 Å². The molecule has 0 aromatic rings. The highest BCUT2D eigenvalue weighted by atomic mass is 16.2. The predicted molar refractivity (Wildman–Crippen MR) is 70.8 cm³/mol. The molecule has 0 N–H and O–H groups in total. The van der Waals surface area contributed by atoms with Crippen molar-refractivity contribution in [1.29, 1.82) is 0 Å². The standard InChI is InChI=1S/C14H25NO2/c1-5-14(2,3)12-13(17)15(4)10-8-6-7-9-11-16/h5,11H,1,6-10,12H2,2-4H3. The van der Waals surface area contributed by atoms with E-state index in [0.29, 0.717) is 12.8 Å². The van der Waals surface area contributed by atoms with Gasteiger partial charge in [-0.15, -0.1) is 6.58 Å². The first-order valence-electron chi connectivity index (χ1n) is 6.24. The average molecular weight is 239 g/mol. The fraction of sp³-hybridized carbons (Fsp3) is 0.714. The largest absolute Gasteiger partial charge is 0.346 e. The average Bonchev–Trinajstić information content (AvgIpc) is 2.28. The molecule has 0 fully saturated rings. The van der Waals surface area contributed by atoms with Gasteiger partial charge in [-0.25, -0.2) is 0 Å². The summed E-state index contributed by atoms with van der Waals surface area (Å²) in [5.74, 6) is 0.158. The molecule has 3 nitrogen and oxygen atoms in total. The molecule has 17 heavy (non-hydrogen) atoms. The number of rotatable bonds is 9. The molecule has 0 spiro atoms. The summed E-state index contributed by atoms with van der Waals surface area (Å²) in [6, 6.07) is 0. The van der Waals surface area contributed by atoms with Gasteiger partial charge < -0.3 is 9.69 Å². The highest BCUT2D eigenvalue weighted by Gasteiger charge is 2.20. The van der Waals surface area contributed by atoms with E-state index in [-0.39, 0.29) is 11.3 Å². The number of hydrogen-bond acceptors (Lipinski definition) is 2. The maximum Gasteiger partial charge on any atom is 0.223 e. The van der Waals surface area contributed by atoms with Gasteiger partial charge in [0.2, 0.25) is 5.91 Å². The number of aldehydes is 1. The van der Waals surface area contributed by atoms with Crippen LogP contribution in [-0.2, 0) is 9.59 Å². The van der Waals surface area contributed by atoms with Crippen LogP contribution in [0.5, 0.6) is 0 Å². The Balaban J connectivity index is 3.82. The van der Waals surface area contributed by atoms with Crippen LogP contribution in [0.1, 0.15) is 46.0 Å². The molecule has 0 radical (unpaired) electrons. The van der Waals surface area contributed by atoms with Gasteiger partial charge in [0.25, 0.3) is 0 Å². The van der Waals surface area contributed by atoms with Crippen molar-refractivity contribution in [3.05, 3.63) is 12.7 Å². The van der Waals surface area contributed by atoms with Gasteiger partial charge in [0.1, 0.15) is 6.29 Å². The maximum atomic E-state index is 11.9. The summed E-state index contributed by atoms with van der Waals surface area (Å²) in [5, 5.41) is 0. The van der Waals surface area contributed by atoms with Gasteiger partial charge in [0.05, 0.1) is 0 Å². The molecule has 0 saturated carbocycles. The van der Waals surface area contributed by atoms with Crippen LogP contribution in [0.4, 0.5) is 0 Å². The lowest BCUT2D eigenvalue weighted by Crippen LogP contribution is -2.31. The second kappa shape index (κ2) is 8.04. The van der Waals surface area contributed by atoms with Crippen LogP contribution in [0.3, 0.4) is 0 Å². The number of nitrogens with zero attached hydrogens (tertiary/aromatic N) is 1. The van der Waals surface area contributed by atoms with E-state index >= 15 is 0 Å². The number of unbranched alkanes of at least 4 members (excludes halogenated alkanes) is 3. The van der Waals surface area contributed by atoms with Crippen molar-refractivity contribution >= 4 is 12.2 Å². The zero-order valence-corrected chi connectivity index (χ0v) is 11.4. The number of amides is 1. The molecule has 0 heterocycles. The minimum Gasteiger partial charge on any atom is -0.346 e. The van der Waals surface area contributed by atoms with E-state index in [1.165, 1.54) is 0 Å². The van der Waals surface area contributed by atoms with Crippen molar-refractivity contribution in [2.45, 2.75) is 46.0 Å². The van der Waals surface area contributed by atoms with Crippen LogP contribution < -0.4 is 0 Å². The Hall–Kier alpha value is -1.12. The van der Waals surface area contributed by atoms with E-state index in [2.05, 4.69) is 6.58 Å². The summed E-state index contributed by atoms with van der Waals surface area (Å²) < 4.78 is 0. The normalized spacial score (nSPS) is 11.0. The van der Waals surface area contributed by atoms with Crippen molar-refractivity contribution in [3.8, 4) is 0 Å². The van der Waals surface area contributed by atoms with Crippen LogP contribution in [0, 0.1) is 5.41 Å². The Morgan fingerprint density at radius 1 is 1.29 bits per heavy atom. The first-order valence-corrected chi connectivity index (χ1v) is 6.24. The van der Waals surface area contributed by atoms with Gasteiger partial charge in [0.15, 0.2) is 0 Å².